The fraction of sp³-hybridized carbons (Fsp3) is 0.111. The average molecular weight is 144 g/mol. The van der Waals surface area contributed by atoms with Crippen LogP contribution < -0.4 is 0 Å². The minimum Gasteiger partial charge on any atom is -0.259 e. The molecule has 2 rings (SSSR count). The molecule has 0 aliphatic carbocycles. The summed E-state index contributed by atoms with van der Waals surface area (Å²) >= 11 is 0. The molecule has 0 N–H and O–H groups in total. The average Bonchev–Trinajstić information content (AvgIpc) is 2.06. The van der Waals surface area contributed by atoms with Crippen molar-refractivity contribution in [3.05, 3.63) is 36.3 Å². The standard InChI is InChI=1S/C9H8N2/c1-7-9-8(4-6-10-7)3-2-5-11-9/h2-6H,1H3. The maximum Gasteiger partial charge on any atom is 0.0914 e. The minimum atomic E-state index is 0.989. The molecule has 54 valence electrons. The Bertz CT molecular complexity index is 377. The first-order valence-electron chi connectivity index (χ1n) is 3.54. The van der Waals surface area contributed by atoms with Crippen LogP contribution in [0.2, 0.25) is 0 Å². The van der Waals surface area contributed by atoms with Crippen molar-refractivity contribution in [2.45, 2.75) is 6.92 Å². The van der Waals surface area contributed by atoms with E-state index in [-0.39, 0.29) is 0 Å². The molecule has 2 nitrogen and oxygen atoms in total. The van der Waals surface area contributed by atoms with Gasteiger partial charge in [0.15, 0.2) is 0 Å². The molecule has 0 fully saturated rings. The highest BCUT2D eigenvalue weighted by Gasteiger charge is 1.95. The quantitative estimate of drug-likeness (QED) is 0.564. The Morgan fingerprint density at radius 1 is 1.09 bits per heavy atom. The molecular formula is C9H8N2. The van der Waals surface area contributed by atoms with Crippen LogP contribution in [0.3, 0.4) is 0 Å². The fourth-order valence-corrected chi connectivity index (χ4v) is 1.15. The van der Waals surface area contributed by atoms with E-state index in [0.29, 0.717) is 0 Å². The van der Waals surface area contributed by atoms with Crippen LogP contribution in [0, 0.1) is 6.92 Å². The summed E-state index contributed by atoms with van der Waals surface area (Å²) in [5, 5.41) is 1.15. The lowest BCUT2D eigenvalue weighted by Crippen LogP contribution is -1.84. The zero-order chi connectivity index (χ0) is 7.68. The molecule has 0 atom stereocenters. The zero-order valence-corrected chi connectivity index (χ0v) is 6.28. The van der Waals surface area contributed by atoms with Crippen molar-refractivity contribution in [3.63, 3.8) is 0 Å². The second-order valence-electron chi connectivity index (χ2n) is 2.47. The molecule has 2 aromatic rings. The van der Waals surface area contributed by atoms with Crippen molar-refractivity contribution in [1.29, 1.82) is 0 Å². The smallest absolute Gasteiger partial charge is 0.0914 e. The van der Waals surface area contributed by atoms with E-state index >= 15 is 0 Å². The van der Waals surface area contributed by atoms with Gasteiger partial charge in [-0.15, -0.1) is 0 Å². The van der Waals surface area contributed by atoms with Gasteiger partial charge < -0.3 is 0 Å². The van der Waals surface area contributed by atoms with Crippen LogP contribution in [0.1, 0.15) is 5.69 Å². The van der Waals surface area contributed by atoms with Crippen LogP contribution >= 0.6 is 0 Å². The number of nitrogens with zero attached hydrogens (tertiary/aromatic N) is 2. The topological polar surface area (TPSA) is 25.8 Å². The molecule has 0 bridgehead atoms. The highest BCUT2D eigenvalue weighted by Crippen LogP contribution is 2.11. The summed E-state index contributed by atoms with van der Waals surface area (Å²) in [4.78, 5) is 8.36. The molecule has 0 saturated heterocycles. The third-order valence-electron chi connectivity index (χ3n) is 1.70. The molecule has 0 amide bonds. The van der Waals surface area contributed by atoms with E-state index in [1.54, 1.807) is 12.4 Å². The molecule has 11 heavy (non-hydrogen) atoms. The highest BCUT2D eigenvalue weighted by molar-refractivity contribution is 5.79. The Morgan fingerprint density at radius 2 is 2.00 bits per heavy atom. The van der Waals surface area contributed by atoms with Crippen molar-refractivity contribution >= 4 is 10.9 Å². The first kappa shape index (κ1) is 6.28. The number of aryl methyl sites for hydroxylation is 1. The van der Waals surface area contributed by atoms with Crippen LogP contribution in [0.15, 0.2) is 30.6 Å². The van der Waals surface area contributed by atoms with E-state index < -0.39 is 0 Å². The Hall–Kier alpha value is -1.44. The summed E-state index contributed by atoms with van der Waals surface area (Å²) in [6.45, 7) is 1.97. The van der Waals surface area contributed by atoms with E-state index in [2.05, 4.69) is 9.97 Å². The van der Waals surface area contributed by atoms with E-state index in [4.69, 9.17) is 0 Å². The SMILES string of the molecule is Cc1nccc2cccnc12. The van der Waals surface area contributed by atoms with Crippen LogP contribution in [0.4, 0.5) is 0 Å². The lowest BCUT2D eigenvalue weighted by Gasteiger charge is -1.96. The van der Waals surface area contributed by atoms with Gasteiger partial charge in [-0.3, -0.25) is 9.97 Å². The normalized spacial score (nSPS) is 10.3. The van der Waals surface area contributed by atoms with Crippen molar-refractivity contribution in [2.24, 2.45) is 0 Å². The molecule has 0 unspecified atom stereocenters. The summed E-state index contributed by atoms with van der Waals surface area (Å²) in [6, 6.07) is 5.94. The lowest BCUT2D eigenvalue weighted by atomic mass is 10.2. The Morgan fingerprint density at radius 3 is 2.82 bits per heavy atom. The summed E-state index contributed by atoms with van der Waals surface area (Å²) in [5.41, 5.74) is 1.98. The van der Waals surface area contributed by atoms with E-state index in [1.165, 1.54) is 0 Å². The maximum absolute atomic E-state index is 4.22. The predicted octanol–water partition coefficient (Wildman–Crippen LogP) is 1.94. The third kappa shape index (κ3) is 0.963. The van der Waals surface area contributed by atoms with Gasteiger partial charge in [0.1, 0.15) is 0 Å². The molecule has 0 aromatic carbocycles. The molecule has 2 heteroatoms. The lowest BCUT2D eigenvalue weighted by molar-refractivity contribution is 1.20. The second kappa shape index (κ2) is 2.31. The van der Waals surface area contributed by atoms with Gasteiger partial charge in [-0.05, 0) is 19.1 Å². The Balaban J connectivity index is 2.91. The monoisotopic (exact) mass is 144 g/mol. The van der Waals surface area contributed by atoms with Crippen LogP contribution in [-0.4, -0.2) is 9.97 Å². The second-order valence-corrected chi connectivity index (χ2v) is 2.47. The summed E-state index contributed by atoms with van der Waals surface area (Å²) in [6.07, 6.45) is 3.59. The van der Waals surface area contributed by atoms with E-state index in [1.807, 2.05) is 25.1 Å². The molecule has 0 aliphatic rings. The number of hydrogen-bond donors (Lipinski definition) is 0. The minimum absolute atomic E-state index is 0.989. The van der Waals surface area contributed by atoms with Crippen molar-refractivity contribution in [1.82, 2.24) is 9.97 Å². The molecule has 0 aliphatic heterocycles. The predicted molar refractivity (Wildman–Crippen MR) is 44.3 cm³/mol. The van der Waals surface area contributed by atoms with Gasteiger partial charge in [0.05, 0.1) is 11.2 Å². The highest BCUT2D eigenvalue weighted by atomic mass is 14.7. The van der Waals surface area contributed by atoms with E-state index in [9.17, 15) is 0 Å². The van der Waals surface area contributed by atoms with Gasteiger partial charge in [-0.1, -0.05) is 6.07 Å². The largest absolute Gasteiger partial charge is 0.259 e. The van der Waals surface area contributed by atoms with Gasteiger partial charge >= 0.3 is 0 Å². The molecule has 0 saturated carbocycles. The van der Waals surface area contributed by atoms with Crippen molar-refractivity contribution in [3.8, 4) is 0 Å². The molecule has 0 spiro atoms. The molecule has 2 aromatic heterocycles. The number of fused-ring (bicyclic) bond motifs is 1. The van der Waals surface area contributed by atoms with Crippen LogP contribution in [0.5, 0.6) is 0 Å². The number of pyridine rings is 2. The van der Waals surface area contributed by atoms with Crippen LogP contribution in [-0.2, 0) is 0 Å². The first-order chi connectivity index (χ1) is 5.38. The molecular weight excluding hydrogens is 136 g/mol. The molecule has 0 radical (unpaired) electrons. The summed E-state index contributed by atoms with van der Waals surface area (Å²) in [5.74, 6) is 0. The van der Waals surface area contributed by atoms with Crippen LogP contribution in [0.25, 0.3) is 10.9 Å². The fourth-order valence-electron chi connectivity index (χ4n) is 1.15. The number of rotatable bonds is 0. The number of aromatic nitrogens is 2. The number of hydrogen-bond acceptors (Lipinski definition) is 2. The van der Waals surface area contributed by atoms with Gasteiger partial charge in [-0.2, -0.15) is 0 Å². The van der Waals surface area contributed by atoms with Crippen molar-refractivity contribution in [2.75, 3.05) is 0 Å². The van der Waals surface area contributed by atoms with Crippen molar-refractivity contribution < 1.29 is 0 Å². The van der Waals surface area contributed by atoms with E-state index in [0.717, 1.165) is 16.6 Å². The van der Waals surface area contributed by atoms with Gasteiger partial charge in [0.2, 0.25) is 0 Å². The first-order valence-corrected chi connectivity index (χ1v) is 3.54. The molecule has 2 heterocycles. The zero-order valence-electron chi connectivity index (χ0n) is 6.28. The third-order valence-corrected chi connectivity index (χ3v) is 1.70. The Kier molecular flexibility index (Phi) is 1.32. The van der Waals surface area contributed by atoms with Gasteiger partial charge in [0.25, 0.3) is 0 Å². The summed E-state index contributed by atoms with van der Waals surface area (Å²) in [7, 11) is 0. The van der Waals surface area contributed by atoms with Gasteiger partial charge in [-0.25, -0.2) is 0 Å². The summed E-state index contributed by atoms with van der Waals surface area (Å²) < 4.78 is 0. The van der Waals surface area contributed by atoms with Gasteiger partial charge in [0, 0.05) is 17.8 Å². The Labute approximate surface area is 64.9 Å². The maximum atomic E-state index is 4.22.